The van der Waals surface area contributed by atoms with Crippen molar-refractivity contribution in [3.8, 4) is 0 Å². The molecule has 108 valence electrons. The van der Waals surface area contributed by atoms with E-state index >= 15 is 0 Å². The summed E-state index contributed by atoms with van der Waals surface area (Å²) in [5.74, 6) is -0.436. The van der Waals surface area contributed by atoms with Crippen molar-refractivity contribution in [3.05, 3.63) is 34.1 Å². The number of rotatable bonds is 1. The average molecular weight is 341 g/mol. The van der Waals surface area contributed by atoms with Crippen LogP contribution in [0.15, 0.2) is 22.7 Å². The maximum atomic E-state index is 13.5. The molecule has 3 rings (SSSR count). The standard InChI is InChI=1S/C15H18BrFN2O/c16-13-5-4-11(9-14(13)17)15(20)19-8-7-18-6-2-1-3-12(18)10-19/h4-5,9,12H,1-3,6-8,10H2. The monoisotopic (exact) mass is 340 g/mol. The summed E-state index contributed by atoms with van der Waals surface area (Å²) in [4.78, 5) is 16.8. The first kappa shape index (κ1) is 14.0. The molecule has 0 N–H and O–H groups in total. The van der Waals surface area contributed by atoms with Gasteiger partial charge in [-0.25, -0.2) is 4.39 Å². The van der Waals surface area contributed by atoms with Crippen LogP contribution in [0, 0.1) is 5.82 Å². The quantitative estimate of drug-likeness (QED) is 0.784. The Morgan fingerprint density at radius 1 is 1.25 bits per heavy atom. The Bertz CT molecular complexity index is 523. The van der Waals surface area contributed by atoms with E-state index in [-0.39, 0.29) is 11.7 Å². The van der Waals surface area contributed by atoms with Gasteiger partial charge in [-0.1, -0.05) is 6.42 Å². The predicted octanol–water partition coefficient (Wildman–Crippen LogP) is 2.90. The molecule has 2 heterocycles. The SMILES string of the molecule is O=C(c1ccc(Br)c(F)c1)N1CCN2CCCCC2C1. The topological polar surface area (TPSA) is 23.6 Å². The molecule has 0 bridgehead atoms. The van der Waals surface area contributed by atoms with E-state index in [1.807, 2.05) is 4.90 Å². The number of nitrogens with zero attached hydrogens (tertiary/aromatic N) is 2. The molecule has 1 amide bonds. The van der Waals surface area contributed by atoms with Crippen molar-refractivity contribution in [1.29, 1.82) is 0 Å². The lowest BCUT2D eigenvalue weighted by Crippen LogP contribution is -2.56. The number of piperidine rings is 1. The molecule has 1 atom stereocenters. The van der Waals surface area contributed by atoms with E-state index in [0.717, 1.165) is 26.2 Å². The van der Waals surface area contributed by atoms with Gasteiger partial charge in [0.1, 0.15) is 5.82 Å². The highest BCUT2D eigenvalue weighted by Crippen LogP contribution is 2.23. The third-order valence-electron chi connectivity index (χ3n) is 4.29. The molecule has 0 aromatic heterocycles. The molecule has 0 spiro atoms. The lowest BCUT2D eigenvalue weighted by molar-refractivity contribution is 0.0372. The third kappa shape index (κ3) is 2.74. The molecule has 2 aliphatic rings. The van der Waals surface area contributed by atoms with Crippen molar-refractivity contribution in [3.63, 3.8) is 0 Å². The van der Waals surface area contributed by atoms with Gasteiger partial charge >= 0.3 is 0 Å². The van der Waals surface area contributed by atoms with Crippen LogP contribution in [-0.2, 0) is 0 Å². The highest BCUT2D eigenvalue weighted by Gasteiger charge is 2.31. The van der Waals surface area contributed by atoms with Crippen LogP contribution in [0.2, 0.25) is 0 Å². The van der Waals surface area contributed by atoms with Gasteiger partial charge in [-0.3, -0.25) is 9.69 Å². The number of carbonyl (C=O) groups is 1. The Labute approximate surface area is 126 Å². The number of amides is 1. The fourth-order valence-electron chi connectivity index (χ4n) is 3.15. The van der Waals surface area contributed by atoms with E-state index in [0.29, 0.717) is 16.1 Å². The Kier molecular flexibility index (Phi) is 4.08. The second-order valence-corrected chi connectivity index (χ2v) is 6.42. The summed E-state index contributed by atoms with van der Waals surface area (Å²) in [5.41, 5.74) is 0.440. The van der Waals surface area contributed by atoms with Crippen molar-refractivity contribution in [1.82, 2.24) is 9.80 Å². The van der Waals surface area contributed by atoms with Crippen LogP contribution in [0.5, 0.6) is 0 Å². The van der Waals surface area contributed by atoms with Gasteiger partial charge in [-0.15, -0.1) is 0 Å². The fourth-order valence-corrected chi connectivity index (χ4v) is 3.40. The summed E-state index contributed by atoms with van der Waals surface area (Å²) in [6.45, 7) is 3.61. The summed E-state index contributed by atoms with van der Waals surface area (Å²) in [6.07, 6.45) is 3.68. The van der Waals surface area contributed by atoms with Gasteiger partial charge in [0.05, 0.1) is 4.47 Å². The molecule has 1 unspecified atom stereocenters. The molecule has 2 saturated heterocycles. The van der Waals surface area contributed by atoms with Crippen LogP contribution in [0.4, 0.5) is 4.39 Å². The summed E-state index contributed by atoms with van der Waals surface area (Å²) in [6, 6.07) is 5.09. The molecule has 3 nitrogen and oxygen atoms in total. The van der Waals surface area contributed by atoms with Gasteiger partial charge in [0.25, 0.3) is 5.91 Å². The largest absolute Gasteiger partial charge is 0.336 e. The van der Waals surface area contributed by atoms with Crippen molar-refractivity contribution in [2.45, 2.75) is 25.3 Å². The lowest BCUT2D eigenvalue weighted by Gasteiger charge is -2.44. The van der Waals surface area contributed by atoms with Crippen LogP contribution in [-0.4, -0.2) is 47.9 Å². The zero-order chi connectivity index (χ0) is 14.1. The van der Waals surface area contributed by atoms with Gasteiger partial charge < -0.3 is 4.90 Å². The molecule has 2 aliphatic heterocycles. The minimum absolute atomic E-state index is 0.0541. The summed E-state index contributed by atoms with van der Waals surface area (Å²) >= 11 is 3.11. The van der Waals surface area contributed by atoms with Crippen LogP contribution in [0.3, 0.4) is 0 Å². The normalized spacial score (nSPS) is 23.5. The average Bonchev–Trinajstić information content (AvgIpc) is 2.49. The van der Waals surface area contributed by atoms with E-state index in [1.54, 1.807) is 12.1 Å². The van der Waals surface area contributed by atoms with Gasteiger partial charge in [-0.2, -0.15) is 0 Å². The molecule has 2 fully saturated rings. The summed E-state index contributed by atoms with van der Waals surface area (Å²) in [5, 5.41) is 0. The Balaban J connectivity index is 1.72. The highest BCUT2D eigenvalue weighted by molar-refractivity contribution is 9.10. The van der Waals surface area contributed by atoms with E-state index in [9.17, 15) is 9.18 Å². The van der Waals surface area contributed by atoms with Gasteiger partial charge in [-0.05, 0) is 53.5 Å². The molecule has 5 heteroatoms. The molecule has 20 heavy (non-hydrogen) atoms. The molecular formula is C15H18BrFN2O. The Hall–Kier alpha value is -0.940. The second-order valence-electron chi connectivity index (χ2n) is 5.57. The maximum absolute atomic E-state index is 13.5. The minimum Gasteiger partial charge on any atom is -0.336 e. The number of fused-ring (bicyclic) bond motifs is 1. The Morgan fingerprint density at radius 2 is 2.10 bits per heavy atom. The number of hydrogen-bond acceptors (Lipinski definition) is 2. The highest BCUT2D eigenvalue weighted by atomic mass is 79.9. The van der Waals surface area contributed by atoms with Crippen molar-refractivity contribution < 1.29 is 9.18 Å². The summed E-state index contributed by atoms with van der Waals surface area (Å²) < 4.78 is 13.9. The van der Waals surface area contributed by atoms with E-state index in [2.05, 4.69) is 20.8 Å². The van der Waals surface area contributed by atoms with Crippen molar-refractivity contribution in [2.24, 2.45) is 0 Å². The fraction of sp³-hybridized carbons (Fsp3) is 0.533. The predicted molar refractivity (Wildman–Crippen MR) is 79.2 cm³/mol. The Morgan fingerprint density at radius 3 is 2.90 bits per heavy atom. The first-order valence-electron chi connectivity index (χ1n) is 7.13. The molecule has 0 radical (unpaired) electrons. The van der Waals surface area contributed by atoms with E-state index in [1.165, 1.54) is 25.3 Å². The van der Waals surface area contributed by atoms with Crippen LogP contribution in [0.1, 0.15) is 29.6 Å². The number of halogens is 2. The van der Waals surface area contributed by atoms with Crippen molar-refractivity contribution >= 4 is 21.8 Å². The molecular weight excluding hydrogens is 323 g/mol. The van der Waals surface area contributed by atoms with Crippen LogP contribution in [0.25, 0.3) is 0 Å². The number of carbonyl (C=O) groups excluding carboxylic acids is 1. The number of benzene rings is 1. The van der Waals surface area contributed by atoms with Crippen LogP contribution >= 0.6 is 15.9 Å². The maximum Gasteiger partial charge on any atom is 0.254 e. The molecule has 1 aromatic carbocycles. The van der Waals surface area contributed by atoms with Gasteiger partial charge in [0.2, 0.25) is 0 Å². The van der Waals surface area contributed by atoms with Crippen LogP contribution < -0.4 is 0 Å². The second kappa shape index (κ2) is 5.82. The van der Waals surface area contributed by atoms with E-state index < -0.39 is 0 Å². The van der Waals surface area contributed by atoms with Crippen molar-refractivity contribution in [2.75, 3.05) is 26.2 Å². The lowest BCUT2D eigenvalue weighted by atomic mass is 9.99. The molecule has 0 saturated carbocycles. The first-order valence-corrected chi connectivity index (χ1v) is 7.93. The zero-order valence-electron chi connectivity index (χ0n) is 11.3. The minimum atomic E-state index is -0.382. The summed E-state index contributed by atoms with van der Waals surface area (Å²) in [7, 11) is 0. The molecule has 1 aromatic rings. The van der Waals surface area contributed by atoms with Gasteiger partial charge in [0.15, 0.2) is 0 Å². The smallest absolute Gasteiger partial charge is 0.254 e. The third-order valence-corrected chi connectivity index (χ3v) is 4.93. The first-order chi connectivity index (χ1) is 9.65. The molecule has 0 aliphatic carbocycles. The number of hydrogen-bond donors (Lipinski definition) is 0. The number of piperazine rings is 1. The van der Waals surface area contributed by atoms with Gasteiger partial charge in [0, 0.05) is 31.2 Å². The van der Waals surface area contributed by atoms with E-state index in [4.69, 9.17) is 0 Å². The zero-order valence-corrected chi connectivity index (χ0v) is 12.9.